The molecule has 0 amide bonds. The molecule has 1 aliphatic rings. The molecule has 98 valence electrons. The van der Waals surface area contributed by atoms with E-state index in [9.17, 15) is 9.90 Å². The van der Waals surface area contributed by atoms with Gasteiger partial charge in [0.25, 0.3) is 0 Å². The van der Waals surface area contributed by atoms with E-state index in [1.807, 2.05) is 34.9 Å². The summed E-state index contributed by atoms with van der Waals surface area (Å²) in [6.45, 7) is 2.64. The van der Waals surface area contributed by atoms with Crippen molar-refractivity contribution in [1.29, 1.82) is 0 Å². The molecule has 0 radical (unpaired) electrons. The lowest BCUT2D eigenvalue weighted by Crippen LogP contribution is -2.21. The van der Waals surface area contributed by atoms with E-state index in [1.54, 1.807) is 13.0 Å². The van der Waals surface area contributed by atoms with Gasteiger partial charge in [0.2, 0.25) is 0 Å². The molecule has 1 aliphatic heterocycles. The molecule has 0 aliphatic carbocycles. The first-order valence-electron chi connectivity index (χ1n) is 6.35. The number of aliphatic hydroxyl groups is 1. The number of hydrogen-bond acceptors (Lipinski definition) is 3. The molecule has 1 atom stereocenters. The highest BCUT2D eigenvalue weighted by Gasteiger charge is 2.28. The zero-order valence-electron chi connectivity index (χ0n) is 10.7. The van der Waals surface area contributed by atoms with E-state index in [0.717, 1.165) is 16.6 Å². The summed E-state index contributed by atoms with van der Waals surface area (Å²) in [5.74, 6) is -0.438. The number of allylic oxidation sites excluding steroid dienone is 1. The van der Waals surface area contributed by atoms with Crippen LogP contribution >= 0.6 is 0 Å². The number of esters is 1. The third kappa shape index (κ3) is 1.85. The SMILES string of the molecule is CCOC(=O)C1=CCn2c(cc3ccccc32)C1O. The highest BCUT2D eigenvalue weighted by atomic mass is 16.5. The van der Waals surface area contributed by atoms with Crippen LogP contribution in [0.2, 0.25) is 0 Å². The molecule has 4 nitrogen and oxygen atoms in total. The van der Waals surface area contributed by atoms with Gasteiger partial charge < -0.3 is 14.4 Å². The third-order valence-electron chi connectivity index (χ3n) is 3.42. The van der Waals surface area contributed by atoms with Gasteiger partial charge in [-0.25, -0.2) is 4.79 Å². The van der Waals surface area contributed by atoms with E-state index in [2.05, 4.69) is 0 Å². The van der Waals surface area contributed by atoms with Gasteiger partial charge in [-0.3, -0.25) is 0 Å². The number of para-hydroxylation sites is 1. The van der Waals surface area contributed by atoms with Gasteiger partial charge in [0.05, 0.1) is 17.9 Å². The minimum absolute atomic E-state index is 0.311. The predicted molar refractivity (Wildman–Crippen MR) is 71.6 cm³/mol. The van der Waals surface area contributed by atoms with Crippen LogP contribution in [-0.4, -0.2) is 22.2 Å². The maximum Gasteiger partial charge on any atom is 0.336 e. The Kier molecular flexibility index (Phi) is 2.87. The number of fused-ring (bicyclic) bond motifs is 3. The second kappa shape index (κ2) is 4.55. The molecule has 0 fully saturated rings. The Morgan fingerprint density at radius 2 is 2.26 bits per heavy atom. The molecule has 19 heavy (non-hydrogen) atoms. The van der Waals surface area contributed by atoms with E-state index in [-0.39, 0.29) is 0 Å². The van der Waals surface area contributed by atoms with Crippen LogP contribution in [0.3, 0.4) is 0 Å². The van der Waals surface area contributed by atoms with E-state index in [0.29, 0.717) is 18.7 Å². The molecule has 1 unspecified atom stereocenters. The van der Waals surface area contributed by atoms with Gasteiger partial charge in [-0.05, 0) is 24.4 Å². The van der Waals surface area contributed by atoms with Crippen molar-refractivity contribution in [3.05, 3.63) is 47.7 Å². The van der Waals surface area contributed by atoms with Gasteiger partial charge in [0.15, 0.2) is 0 Å². The van der Waals surface area contributed by atoms with Gasteiger partial charge in [0, 0.05) is 12.1 Å². The van der Waals surface area contributed by atoms with Crippen LogP contribution in [0.4, 0.5) is 0 Å². The Bertz CT molecular complexity index is 669. The van der Waals surface area contributed by atoms with E-state index in [1.165, 1.54) is 0 Å². The highest BCUT2D eigenvalue weighted by molar-refractivity contribution is 5.91. The standard InChI is InChI=1S/C15H15NO3/c1-2-19-15(18)11-7-8-16-12-6-4-3-5-10(12)9-13(16)14(11)17/h3-7,9,14,17H,2,8H2,1H3. The van der Waals surface area contributed by atoms with Crippen molar-refractivity contribution < 1.29 is 14.6 Å². The number of ether oxygens (including phenoxy) is 1. The monoisotopic (exact) mass is 257 g/mol. The van der Waals surface area contributed by atoms with Crippen LogP contribution in [-0.2, 0) is 16.1 Å². The van der Waals surface area contributed by atoms with Crippen molar-refractivity contribution in [1.82, 2.24) is 4.57 Å². The first-order chi connectivity index (χ1) is 9.22. The Balaban J connectivity index is 2.04. The Hall–Kier alpha value is -2.07. The molecular formula is C15H15NO3. The number of carbonyl (C=O) groups is 1. The number of aliphatic hydroxyl groups excluding tert-OH is 1. The van der Waals surface area contributed by atoms with E-state index in [4.69, 9.17) is 4.74 Å². The average Bonchev–Trinajstić information content (AvgIpc) is 2.79. The van der Waals surface area contributed by atoms with Gasteiger partial charge in [0.1, 0.15) is 6.10 Å². The number of hydrogen-bond donors (Lipinski definition) is 1. The van der Waals surface area contributed by atoms with Crippen LogP contribution in [0.1, 0.15) is 18.7 Å². The Morgan fingerprint density at radius 1 is 1.47 bits per heavy atom. The molecule has 0 spiro atoms. The van der Waals surface area contributed by atoms with Crippen molar-refractivity contribution in [3.63, 3.8) is 0 Å². The molecule has 0 saturated carbocycles. The van der Waals surface area contributed by atoms with Crippen molar-refractivity contribution in [2.75, 3.05) is 6.61 Å². The molecule has 3 rings (SSSR count). The molecular weight excluding hydrogens is 242 g/mol. The summed E-state index contributed by atoms with van der Waals surface area (Å²) >= 11 is 0. The Labute approximate surface area is 110 Å². The van der Waals surface area contributed by atoms with Crippen LogP contribution in [0.15, 0.2) is 42.0 Å². The fraction of sp³-hybridized carbons (Fsp3) is 0.267. The first-order valence-corrected chi connectivity index (χ1v) is 6.35. The maximum absolute atomic E-state index is 11.8. The smallest absolute Gasteiger partial charge is 0.336 e. The fourth-order valence-corrected chi connectivity index (χ4v) is 2.53. The minimum Gasteiger partial charge on any atom is -0.463 e. The largest absolute Gasteiger partial charge is 0.463 e. The van der Waals surface area contributed by atoms with Crippen LogP contribution in [0, 0.1) is 0 Å². The zero-order valence-corrected chi connectivity index (χ0v) is 10.7. The second-order valence-electron chi connectivity index (χ2n) is 4.52. The molecule has 0 bridgehead atoms. The molecule has 4 heteroatoms. The van der Waals surface area contributed by atoms with E-state index >= 15 is 0 Å². The van der Waals surface area contributed by atoms with Crippen molar-refractivity contribution in [3.8, 4) is 0 Å². The number of nitrogens with zero attached hydrogens (tertiary/aromatic N) is 1. The molecule has 2 aromatic rings. The summed E-state index contributed by atoms with van der Waals surface area (Å²) in [5.41, 5.74) is 2.14. The summed E-state index contributed by atoms with van der Waals surface area (Å²) in [7, 11) is 0. The number of benzene rings is 1. The summed E-state index contributed by atoms with van der Waals surface area (Å²) in [6.07, 6.45) is 0.822. The fourth-order valence-electron chi connectivity index (χ4n) is 2.53. The third-order valence-corrected chi connectivity index (χ3v) is 3.42. The molecule has 1 aromatic carbocycles. The first kappa shape index (κ1) is 12.0. The predicted octanol–water partition coefficient (Wildman–Crippen LogP) is 2.18. The van der Waals surface area contributed by atoms with Gasteiger partial charge in [-0.15, -0.1) is 0 Å². The maximum atomic E-state index is 11.8. The summed E-state index contributed by atoms with van der Waals surface area (Å²) in [4.78, 5) is 11.8. The quantitative estimate of drug-likeness (QED) is 0.839. The van der Waals surface area contributed by atoms with Crippen molar-refractivity contribution in [2.45, 2.75) is 19.6 Å². The molecule has 2 heterocycles. The zero-order chi connectivity index (χ0) is 13.4. The summed E-state index contributed by atoms with van der Waals surface area (Å²) < 4.78 is 6.98. The number of carbonyl (C=O) groups excluding carboxylic acids is 1. The lowest BCUT2D eigenvalue weighted by atomic mass is 10.0. The van der Waals surface area contributed by atoms with Gasteiger partial charge in [-0.1, -0.05) is 24.3 Å². The summed E-state index contributed by atoms with van der Waals surface area (Å²) in [5, 5.41) is 11.4. The number of rotatable bonds is 2. The summed E-state index contributed by atoms with van der Waals surface area (Å²) in [6, 6.07) is 9.85. The topological polar surface area (TPSA) is 51.5 Å². The van der Waals surface area contributed by atoms with Crippen molar-refractivity contribution in [2.24, 2.45) is 0 Å². The Morgan fingerprint density at radius 3 is 3.05 bits per heavy atom. The molecule has 1 N–H and O–H groups in total. The van der Waals surface area contributed by atoms with E-state index < -0.39 is 12.1 Å². The minimum atomic E-state index is -0.916. The lowest BCUT2D eigenvalue weighted by Gasteiger charge is -2.21. The molecule has 0 saturated heterocycles. The van der Waals surface area contributed by atoms with Crippen molar-refractivity contribution >= 4 is 16.9 Å². The van der Waals surface area contributed by atoms with Crippen LogP contribution in [0.5, 0.6) is 0 Å². The highest BCUT2D eigenvalue weighted by Crippen LogP contribution is 2.32. The normalized spacial score (nSPS) is 18.0. The molecule has 1 aromatic heterocycles. The van der Waals surface area contributed by atoms with Gasteiger partial charge >= 0.3 is 5.97 Å². The number of aromatic nitrogens is 1. The second-order valence-corrected chi connectivity index (χ2v) is 4.52. The van der Waals surface area contributed by atoms with Crippen LogP contribution < -0.4 is 0 Å². The van der Waals surface area contributed by atoms with Gasteiger partial charge in [-0.2, -0.15) is 0 Å². The average molecular weight is 257 g/mol. The lowest BCUT2D eigenvalue weighted by molar-refractivity contribution is -0.139. The van der Waals surface area contributed by atoms with Crippen LogP contribution in [0.25, 0.3) is 10.9 Å².